The first-order chi connectivity index (χ1) is 9.15. The maximum atomic E-state index is 12.5. The molecule has 2 aromatic carbocycles. The van der Waals surface area contributed by atoms with Crippen molar-refractivity contribution < 1.29 is 14.7 Å². The molecule has 3 heteroatoms. The number of hydrogen-bond donors (Lipinski definition) is 1. The third-order valence-electron chi connectivity index (χ3n) is 3.04. The van der Waals surface area contributed by atoms with Crippen molar-refractivity contribution in [3.05, 3.63) is 70.8 Å². The average molecular weight is 254 g/mol. The number of aryl methyl sites for hydroxylation is 1. The summed E-state index contributed by atoms with van der Waals surface area (Å²) in [7, 11) is 0. The molecule has 0 aliphatic carbocycles. The molecule has 0 radical (unpaired) electrons. The van der Waals surface area contributed by atoms with E-state index in [2.05, 4.69) is 0 Å². The van der Waals surface area contributed by atoms with Crippen LogP contribution in [0.5, 0.6) is 0 Å². The molecular formula is C16H14O3. The number of aromatic carboxylic acids is 1. The van der Waals surface area contributed by atoms with Crippen LogP contribution in [0.15, 0.2) is 48.5 Å². The van der Waals surface area contributed by atoms with Crippen LogP contribution in [0.1, 0.15) is 38.8 Å². The third kappa shape index (κ3) is 2.55. The molecular weight excluding hydrogens is 240 g/mol. The second-order valence-corrected chi connectivity index (χ2v) is 4.19. The lowest BCUT2D eigenvalue weighted by Crippen LogP contribution is -2.11. The van der Waals surface area contributed by atoms with Crippen LogP contribution in [-0.4, -0.2) is 16.9 Å². The highest BCUT2D eigenvalue weighted by atomic mass is 16.4. The van der Waals surface area contributed by atoms with Gasteiger partial charge in [-0.1, -0.05) is 49.4 Å². The first-order valence-electron chi connectivity index (χ1n) is 6.10. The number of carbonyl (C=O) groups excluding carboxylic acids is 1. The van der Waals surface area contributed by atoms with Crippen molar-refractivity contribution in [1.82, 2.24) is 0 Å². The van der Waals surface area contributed by atoms with Crippen LogP contribution in [0.25, 0.3) is 0 Å². The Hall–Kier alpha value is -2.42. The first-order valence-corrected chi connectivity index (χ1v) is 6.10. The van der Waals surface area contributed by atoms with Gasteiger partial charge in [-0.05, 0) is 18.1 Å². The summed E-state index contributed by atoms with van der Waals surface area (Å²) < 4.78 is 0. The Bertz CT molecular complexity index is 629. The second kappa shape index (κ2) is 5.48. The molecule has 0 saturated carbocycles. The Morgan fingerprint density at radius 3 is 2.00 bits per heavy atom. The molecule has 0 atom stereocenters. The fourth-order valence-electron chi connectivity index (χ4n) is 2.06. The molecule has 0 heterocycles. The molecule has 0 fully saturated rings. The second-order valence-electron chi connectivity index (χ2n) is 4.19. The van der Waals surface area contributed by atoms with Crippen molar-refractivity contribution in [1.29, 1.82) is 0 Å². The highest BCUT2D eigenvalue weighted by molar-refractivity contribution is 6.14. The normalized spacial score (nSPS) is 10.2. The summed E-state index contributed by atoms with van der Waals surface area (Å²) in [6.45, 7) is 1.97. The maximum Gasteiger partial charge on any atom is 0.336 e. The molecule has 0 spiro atoms. The predicted octanol–water partition coefficient (Wildman–Crippen LogP) is 3.18. The summed E-state index contributed by atoms with van der Waals surface area (Å²) in [5.41, 5.74) is 1.76. The summed E-state index contributed by atoms with van der Waals surface area (Å²) in [6.07, 6.45) is 0.733. The summed E-state index contributed by atoms with van der Waals surface area (Å²) in [5, 5.41) is 9.14. The number of carboxylic acid groups (broad SMARTS) is 1. The van der Waals surface area contributed by atoms with Crippen molar-refractivity contribution in [3.63, 3.8) is 0 Å². The van der Waals surface area contributed by atoms with Crippen molar-refractivity contribution in [2.45, 2.75) is 13.3 Å². The van der Waals surface area contributed by atoms with Gasteiger partial charge in [0.25, 0.3) is 0 Å². The minimum absolute atomic E-state index is 0.0402. The molecule has 96 valence electrons. The van der Waals surface area contributed by atoms with E-state index in [0.717, 1.165) is 12.0 Å². The van der Waals surface area contributed by atoms with Gasteiger partial charge in [0.2, 0.25) is 0 Å². The largest absolute Gasteiger partial charge is 0.478 e. The molecule has 0 aliphatic heterocycles. The monoisotopic (exact) mass is 254 g/mol. The number of rotatable bonds is 4. The number of carboxylic acids is 1. The van der Waals surface area contributed by atoms with Crippen LogP contribution < -0.4 is 0 Å². The Balaban J connectivity index is 2.53. The fraction of sp³-hybridized carbons (Fsp3) is 0.125. The molecule has 0 bridgehead atoms. The van der Waals surface area contributed by atoms with Gasteiger partial charge >= 0.3 is 5.97 Å². The van der Waals surface area contributed by atoms with E-state index in [4.69, 9.17) is 5.11 Å². The molecule has 2 aromatic rings. The molecule has 0 aromatic heterocycles. The lowest BCUT2D eigenvalue weighted by molar-refractivity contribution is 0.0693. The smallest absolute Gasteiger partial charge is 0.336 e. The minimum Gasteiger partial charge on any atom is -0.478 e. The van der Waals surface area contributed by atoms with Gasteiger partial charge in [-0.15, -0.1) is 0 Å². The van der Waals surface area contributed by atoms with Gasteiger partial charge in [0, 0.05) is 11.1 Å². The number of carbonyl (C=O) groups is 2. The zero-order valence-electron chi connectivity index (χ0n) is 10.6. The van der Waals surface area contributed by atoms with Gasteiger partial charge in [-0.3, -0.25) is 4.79 Å². The zero-order valence-corrected chi connectivity index (χ0v) is 10.6. The van der Waals surface area contributed by atoms with Crippen molar-refractivity contribution in [3.8, 4) is 0 Å². The molecule has 1 N–H and O–H groups in total. The van der Waals surface area contributed by atoms with Gasteiger partial charge in [0.15, 0.2) is 5.78 Å². The van der Waals surface area contributed by atoms with E-state index in [1.807, 2.05) is 19.1 Å². The van der Waals surface area contributed by atoms with Crippen LogP contribution in [0.2, 0.25) is 0 Å². The summed E-state index contributed by atoms with van der Waals surface area (Å²) in [6, 6.07) is 13.6. The van der Waals surface area contributed by atoms with E-state index >= 15 is 0 Å². The SMILES string of the molecule is CCc1ccccc1C(=O)c1ccccc1C(=O)O. The van der Waals surface area contributed by atoms with Gasteiger partial charge < -0.3 is 5.11 Å². The highest BCUT2D eigenvalue weighted by Crippen LogP contribution is 2.18. The number of hydrogen-bond acceptors (Lipinski definition) is 2. The fourth-order valence-corrected chi connectivity index (χ4v) is 2.06. The van der Waals surface area contributed by atoms with Gasteiger partial charge in [-0.25, -0.2) is 4.79 Å². The van der Waals surface area contributed by atoms with Gasteiger partial charge in [-0.2, -0.15) is 0 Å². The predicted molar refractivity (Wildman–Crippen MR) is 72.7 cm³/mol. The van der Waals surface area contributed by atoms with E-state index in [1.165, 1.54) is 6.07 Å². The summed E-state index contributed by atoms with van der Waals surface area (Å²) in [4.78, 5) is 23.6. The van der Waals surface area contributed by atoms with E-state index in [0.29, 0.717) is 5.56 Å². The molecule has 0 unspecified atom stereocenters. The Morgan fingerprint density at radius 2 is 1.42 bits per heavy atom. The molecule has 3 nitrogen and oxygen atoms in total. The highest BCUT2D eigenvalue weighted by Gasteiger charge is 2.18. The Morgan fingerprint density at radius 1 is 0.895 bits per heavy atom. The van der Waals surface area contributed by atoms with Crippen molar-refractivity contribution in [2.24, 2.45) is 0 Å². The average Bonchev–Trinajstić information content (AvgIpc) is 2.46. The van der Waals surface area contributed by atoms with Crippen molar-refractivity contribution in [2.75, 3.05) is 0 Å². The number of ketones is 1. The van der Waals surface area contributed by atoms with E-state index in [-0.39, 0.29) is 16.9 Å². The zero-order chi connectivity index (χ0) is 13.8. The Kier molecular flexibility index (Phi) is 3.76. The number of benzene rings is 2. The van der Waals surface area contributed by atoms with Crippen LogP contribution >= 0.6 is 0 Å². The molecule has 19 heavy (non-hydrogen) atoms. The van der Waals surface area contributed by atoms with Gasteiger partial charge in [0.05, 0.1) is 5.56 Å². The minimum atomic E-state index is -1.09. The lowest BCUT2D eigenvalue weighted by atomic mass is 9.94. The van der Waals surface area contributed by atoms with Gasteiger partial charge in [0.1, 0.15) is 0 Å². The molecule has 0 saturated heterocycles. The van der Waals surface area contributed by atoms with Crippen molar-refractivity contribution >= 4 is 11.8 Å². The van der Waals surface area contributed by atoms with E-state index in [1.54, 1.807) is 30.3 Å². The van der Waals surface area contributed by atoms with Crippen LogP contribution in [-0.2, 0) is 6.42 Å². The maximum absolute atomic E-state index is 12.5. The van der Waals surface area contributed by atoms with E-state index in [9.17, 15) is 9.59 Å². The van der Waals surface area contributed by atoms with E-state index < -0.39 is 5.97 Å². The summed E-state index contributed by atoms with van der Waals surface area (Å²) in [5.74, 6) is -1.33. The molecule has 0 aliphatic rings. The summed E-state index contributed by atoms with van der Waals surface area (Å²) >= 11 is 0. The third-order valence-corrected chi connectivity index (χ3v) is 3.04. The Labute approximate surface area is 111 Å². The molecule has 0 amide bonds. The quantitative estimate of drug-likeness (QED) is 0.852. The van der Waals surface area contributed by atoms with Crippen LogP contribution in [0, 0.1) is 0 Å². The topological polar surface area (TPSA) is 54.4 Å². The standard InChI is InChI=1S/C16H14O3/c1-2-11-7-3-4-8-12(11)15(17)13-9-5-6-10-14(13)16(18)19/h3-10H,2H2,1H3,(H,18,19). The lowest BCUT2D eigenvalue weighted by Gasteiger charge is -2.08. The van der Waals surface area contributed by atoms with Crippen LogP contribution in [0.4, 0.5) is 0 Å². The van der Waals surface area contributed by atoms with Crippen LogP contribution in [0.3, 0.4) is 0 Å². The first kappa shape index (κ1) is 13.0. The molecule has 2 rings (SSSR count).